The van der Waals surface area contributed by atoms with E-state index in [2.05, 4.69) is 20.9 Å². The van der Waals surface area contributed by atoms with Gasteiger partial charge in [0.2, 0.25) is 0 Å². The highest BCUT2D eigenvalue weighted by Crippen LogP contribution is 2.34. The van der Waals surface area contributed by atoms with E-state index in [-0.39, 0.29) is 5.38 Å². The van der Waals surface area contributed by atoms with E-state index in [1.165, 1.54) is 4.88 Å². The molecule has 4 heteroatoms. The summed E-state index contributed by atoms with van der Waals surface area (Å²) >= 11 is 11.5. The van der Waals surface area contributed by atoms with Gasteiger partial charge < -0.3 is 0 Å². The third-order valence-electron chi connectivity index (χ3n) is 2.04. The molecule has 1 nitrogen and oxygen atoms in total. The van der Waals surface area contributed by atoms with Crippen LogP contribution in [0.15, 0.2) is 40.3 Å². The standard InChI is InChI=1S/C11H9BrClNS/c12-9-4-6-15-11(9)10(13)7-8-3-1-2-5-14-8/h1-6,10H,7H2. The number of alkyl halides is 1. The average Bonchev–Trinajstić information content (AvgIpc) is 2.66. The van der Waals surface area contributed by atoms with E-state index in [1.54, 1.807) is 17.5 Å². The minimum absolute atomic E-state index is 0.00530. The van der Waals surface area contributed by atoms with Crippen molar-refractivity contribution in [3.05, 3.63) is 50.9 Å². The fraction of sp³-hybridized carbons (Fsp3) is 0.182. The number of thiophene rings is 1. The Hall–Kier alpha value is -0.380. The first kappa shape index (κ1) is 11.1. The second-order valence-electron chi connectivity index (χ2n) is 3.13. The lowest BCUT2D eigenvalue weighted by Gasteiger charge is -2.07. The van der Waals surface area contributed by atoms with E-state index in [0.717, 1.165) is 16.6 Å². The molecular weight excluding hydrogens is 294 g/mol. The molecule has 2 aromatic rings. The molecule has 0 aliphatic heterocycles. The molecule has 0 fully saturated rings. The first-order chi connectivity index (χ1) is 7.27. The van der Waals surface area contributed by atoms with Crippen LogP contribution in [0.2, 0.25) is 0 Å². The molecule has 15 heavy (non-hydrogen) atoms. The van der Waals surface area contributed by atoms with Crippen molar-refractivity contribution in [2.24, 2.45) is 0 Å². The van der Waals surface area contributed by atoms with E-state index >= 15 is 0 Å². The van der Waals surface area contributed by atoms with Crippen LogP contribution >= 0.6 is 38.9 Å². The largest absolute Gasteiger partial charge is 0.261 e. The molecule has 78 valence electrons. The van der Waals surface area contributed by atoms with Crippen LogP contribution in [0.1, 0.15) is 15.9 Å². The summed E-state index contributed by atoms with van der Waals surface area (Å²) in [5, 5.41) is 2.03. The number of pyridine rings is 1. The van der Waals surface area contributed by atoms with Gasteiger partial charge in [-0.1, -0.05) is 6.07 Å². The maximum atomic E-state index is 6.33. The summed E-state index contributed by atoms with van der Waals surface area (Å²) in [6, 6.07) is 7.91. The van der Waals surface area contributed by atoms with Crippen molar-refractivity contribution in [1.82, 2.24) is 4.98 Å². The Morgan fingerprint density at radius 2 is 2.27 bits per heavy atom. The summed E-state index contributed by atoms with van der Waals surface area (Å²) in [7, 11) is 0. The Morgan fingerprint density at radius 3 is 2.87 bits per heavy atom. The number of halogens is 2. The van der Waals surface area contributed by atoms with Gasteiger partial charge in [0.1, 0.15) is 0 Å². The predicted octanol–water partition coefficient (Wildman–Crippen LogP) is 4.43. The summed E-state index contributed by atoms with van der Waals surface area (Å²) < 4.78 is 1.09. The number of aromatic nitrogens is 1. The van der Waals surface area contributed by atoms with Crippen LogP contribution < -0.4 is 0 Å². The van der Waals surface area contributed by atoms with Gasteiger partial charge in [0.25, 0.3) is 0 Å². The second kappa shape index (κ2) is 5.10. The van der Waals surface area contributed by atoms with Crippen LogP contribution in [0.4, 0.5) is 0 Å². The molecule has 0 aromatic carbocycles. The average molecular weight is 303 g/mol. The Balaban J connectivity index is 2.11. The Morgan fingerprint density at radius 1 is 1.40 bits per heavy atom. The molecule has 2 heterocycles. The molecule has 0 bridgehead atoms. The van der Waals surface area contributed by atoms with Crippen molar-refractivity contribution in [1.29, 1.82) is 0 Å². The summed E-state index contributed by atoms with van der Waals surface area (Å²) in [5.74, 6) is 0. The molecule has 0 saturated carbocycles. The molecule has 2 aromatic heterocycles. The minimum Gasteiger partial charge on any atom is -0.261 e. The van der Waals surface area contributed by atoms with Gasteiger partial charge in [-0.3, -0.25) is 4.98 Å². The number of hydrogen-bond acceptors (Lipinski definition) is 2. The van der Waals surface area contributed by atoms with Crippen LogP contribution in [0.5, 0.6) is 0 Å². The van der Waals surface area contributed by atoms with Crippen molar-refractivity contribution < 1.29 is 0 Å². The number of hydrogen-bond donors (Lipinski definition) is 0. The molecule has 0 N–H and O–H groups in total. The smallest absolute Gasteiger partial charge is 0.0745 e. The zero-order chi connectivity index (χ0) is 10.7. The highest BCUT2D eigenvalue weighted by atomic mass is 79.9. The fourth-order valence-corrected chi connectivity index (χ4v) is 3.51. The van der Waals surface area contributed by atoms with E-state index in [4.69, 9.17) is 11.6 Å². The summed E-state index contributed by atoms with van der Waals surface area (Å²) in [5.41, 5.74) is 1.03. The lowest BCUT2D eigenvalue weighted by molar-refractivity contribution is 0.893. The molecule has 0 spiro atoms. The molecule has 0 aliphatic carbocycles. The minimum atomic E-state index is -0.00530. The van der Waals surface area contributed by atoms with E-state index in [1.807, 2.05) is 29.6 Å². The van der Waals surface area contributed by atoms with Gasteiger partial charge in [-0.05, 0) is 39.5 Å². The molecular formula is C11H9BrClNS. The van der Waals surface area contributed by atoms with Crippen molar-refractivity contribution >= 4 is 38.9 Å². The lowest BCUT2D eigenvalue weighted by Crippen LogP contribution is -1.96. The van der Waals surface area contributed by atoms with Crippen molar-refractivity contribution in [2.75, 3.05) is 0 Å². The fourth-order valence-electron chi connectivity index (χ4n) is 1.32. The zero-order valence-electron chi connectivity index (χ0n) is 7.86. The molecule has 2 rings (SSSR count). The van der Waals surface area contributed by atoms with Crippen molar-refractivity contribution in [2.45, 2.75) is 11.8 Å². The zero-order valence-corrected chi connectivity index (χ0v) is 11.0. The Labute approximate surface area is 106 Å². The maximum Gasteiger partial charge on any atom is 0.0745 e. The van der Waals surface area contributed by atoms with Crippen LogP contribution in [-0.2, 0) is 6.42 Å². The lowest BCUT2D eigenvalue weighted by atomic mass is 10.2. The van der Waals surface area contributed by atoms with E-state index in [9.17, 15) is 0 Å². The third kappa shape index (κ3) is 2.80. The predicted molar refractivity (Wildman–Crippen MR) is 68.6 cm³/mol. The SMILES string of the molecule is ClC(Cc1ccccn1)c1sccc1Br. The molecule has 1 unspecified atom stereocenters. The Bertz CT molecular complexity index is 429. The van der Waals surface area contributed by atoms with E-state index < -0.39 is 0 Å². The molecule has 1 atom stereocenters. The first-order valence-electron chi connectivity index (χ1n) is 4.54. The monoisotopic (exact) mass is 301 g/mol. The first-order valence-corrected chi connectivity index (χ1v) is 6.65. The Kier molecular flexibility index (Phi) is 3.78. The topological polar surface area (TPSA) is 12.9 Å². The van der Waals surface area contributed by atoms with Crippen molar-refractivity contribution in [3.8, 4) is 0 Å². The number of nitrogens with zero attached hydrogens (tertiary/aromatic N) is 1. The van der Waals surface area contributed by atoms with Gasteiger partial charge in [-0.2, -0.15) is 0 Å². The normalized spacial score (nSPS) is 12.7. The molecule has 0 aliphatic rings. The van der Waals surface area contributed by atoms with Crippen LogP contribution in [0.3, 0.4) is 0 Å². The summed E-state index contributed by atoms with van der Waals surface area (Å²) in [6.45, 7) is 0. The molecule has 0 radical (unpaired) electrons. The van der Waals surface area contributed by atoms with Gasteiger partial charge in [0.05, 0.1) is 5.38 Å². The highest BCUT2D eigenvalue weighted by molar-refractivity contribution is 9.10. The van der Waals surface area contributed by atoms with E-state index in [0.29, 0.717) is 0 Å². The van der Waals surface area contributed by atoms with Gasteiger partial charge in [0, 0.05) is 27.7 Å². The van der Waals surface area contributed by atoms with Crippen molar-refractivity contribution in [3.63, 3.8) is 0 Å². The van der Waals surface area contributed by atoms with Crippen LogP contribution in [-0.4, -0.2) is 4.98 Å². The summed E-state index contributed by atoms with van der Waals surface area (Å²) in [6.07, 6.45) is 2.56. The van der Waals surface area contributed by atoms with Crippen LogP contribution in [0.25, 0.3) is 0 Å². The maximum absolute atomic E-state index is 6.33. The van der Waals surface area contributed by atoms with Crippen LogP contribution in [0, 0.1) is 0 Å². The third-order valence-corrected chi connectivity index (χ3v) is 4.53. The van der Waals surface area contributed by atoms with Gasteiger partial charge in [-0.25, -0.2) is 0 Å². The molecule has 0 amide bonds. The highest BCUT2D eigenvalue weighted by Gasteiger charge is 2.13. The van der Waals surface area contributed by atoms with Gasteiger partial charge in [-0.15, -0.1) is 22.9 Å². The summed E-state index contributed by atoms with van der Waals surface area (Å²) in [4.78, 5) is 5.43. The second-order valence-corrected chi connectivity index (χ2v) is 5.45. The van der Waals surface area contributed by atoms with Gasteiger partial charge in [0.15, 0.2) is 0 Å². The quantitative estimate of drug-likeness (QED) is 0.764. The number of rotatable bonds is 3. The molecule has 0 saturated heterocycles. The van der Waals surface area contributed by atoms with Gasteiger partial charge >= 0.3 is 0 Å².